The SMILES string of the molecule is CC1CN(C(=O)c2nccnc2N)CC(C)O1. The highest BCUT2D eigenvalue weighted by molar-refractivity contribution is 5.96. The summed E-state index contributed by atoms with van der Waals surface area (Å²) in [5.41, 5.74) is 5.86. The molecule has 1 aromatic rings. The van der Waals surface area contributed by atoms with Crippen LogP contribution < -0.4 is 5.73 Å². The molecule has 1 fully saturated rings. The maximum Gasteiger partial charge on any atom is 0.276 e. The molecule has 17 heavy (non-hydrogen) atoms. The van der Waals surface area contributed by atoms with Gasteiger partial charge in [-0.15, -0.1) is 0 Å². The van der Waals surface area contributed by atoms with Crippen LogP contribution in [0.5, 0.6) is 0 Å². The summed E-state index contributed by atoms with van der Waals surface area (Å²) in [6, 6.07) is 0. The van der Waals surface area contributed by atoms with Gasteiger partial charge < -0.3 is 15.4 Å². The van der Waals surface area contributed by atoms with E-state index in [1.54, 1.807) is 4.90 Å². The maximum atomic E-state index is 12.2. The van der Waals surface area contributed by atoms with Crippen LogP contribution in [0.1, 0.15) is 24.3 Å². The van der Waals surface area contributed by atoms with Gasteiger partial charge in [0.05, 0.1) is 12.2 Å². The lowest BCUT2D eigenvalue weighted by Crippen LogP contribution is -2.48. The Bertz CT molecular complexity index is 414. The van der Waals surface area contributed by atoms with Crippen LogP contribution in [0, 0.1) is 0 Å². The average Bonchev–Trinajstić information content (AvgIpc) is 2.27. The average molecular weight is 236 g/mol. The third-order valence-electron chi connectivity index (χ3n) is 2.64. The van der Waals surface area contributed by atoms with Crippen LogP contribution >= 0.6 is 0 Å². The van der Waals surface area contributed by atoms with Crippen LogP contribution in [0.3, 0.4) is 0 Å². The number of hydrogen-bond donors (Lipinski definition) is 1. The van der Waals surface area contributed by atoms with Gasteiger partial charge in [-0.3, -0.25) is 4.79 Å². The maximum absolute atomic E-state index is 12.2. The Morgan fingerprint density at radius 1 is 1.35 bits per heavy atom. The van der Waals surface area contributed by atoms with Crippen LogP contribution in [-0.2, 0) is 4.74 Å². The van der Waals surface area contributed by atoms with E-state index in [2.05, 4.69) is 9.97 Å². The molecule has 92 valence electrons. The van der Waals surface area contributed by atoms with E-state index in [0.29, 0.717) is 13.1 Å². The fourth-order valence-corrected chi connectivity index (χ4v) is 2.01. The number of nitrogen functional groups attached to an aromatic ring is 1. The smallest absolute Gasteiger partial charge is 0.276 e. The molecule has 0 aromatic carbocycles. The van der Waals surface area contributed by atoms with E-state index in [1.807, 2.05) is 13.8 Å². The monoisotopic (exact) mass is 236 g/mol. The van der Waals surface area contributed by atoms with E-state index >= 15 is 0 Å². The van der Waals surface area contributed by atoms with Crippen LogP contribution in [0.2, 0.25) is 0 Å². The third-order valence-corrected chi connectivity index (χ3v) is 2.64. The van der Waals surface area contributed by atoms with Gasteiger partial charge in [-0.2, -0.15) is 0 Å². The van der Waals surface area contributed by atoms with Crippen molar-refractivity contribution in [1.82, 2.24) is 14.9 Å². The van der Waals surface area contributed by atoms with Crippen LogP contribution in [0.25, 0.3) is 0 Å². The molecular formula is C11H16N4O2. The van der Waals surface area contributed by atoms with Gasteiger partial charge in [0.1, 0.15) is 0 Å². The van der Waals surface area contributed by atoms with Crippen molar-refractivity contribution in [2.24, 2.45) is 0 Å². The van der Waals surface area contributed by atoms with Crippen molar-refractivity contribution >= 4 is 11.7 Å². The Morgan fingerprint density at radius 2 is 1.94 bits per heavy atom. The number of nitrogens with two attached hydrogens (primary N) is 1. The summed E-state index contributed by atoms with van der Waals surface area (Å²) in [6.45, 7) is 4.99. The fourth-order valence-electron chi connectivity index (χ4n) is 2.01. The van der Waals surface area contributed by atoms with Crippen molar-refractivity contribution in [2.45, 2.75) is 26.1 Å². The number of ether oxygens (including phenoxy) is 1. The molecule has 6 nitrogen and oxygen atoms in total. The molecule has 2 N–H and O–H groups in total. The predicted molar refractivity (Wildman–Crippen MR) is 62.4 cm³/mol. The van der Waals surface area contributed by atoms with E-state index in [1.165, 1.54) is 12.4 Å². The van der Waals surface area contributed by atoms with E-state index in [4.69, 9.17) is 10.5 Å². The summed E-state index contributed by atoms with van der Waals surface area (Å²) in [5.74, 6) is -0.0121. The van der Waals surface area contributed by atoms with Crippen molar-refractivity contribution in [3.63, 3.8) is 0 Å². The highest BCUT2D eigenvalue weighted by Gasteiger charge is 2.28. The summed E-state index contributed by atoms with van der Waals surface area (Å²) in [4.78, 5) is 21.8. The van der Waals surface area contributed by atoms with E-state index in [9.17, 15) is 4.79 Å². The second-order valence-electron chi connectivity index (χ2n) is 4.26. The molecule has 2 atom stereocenters. The molecule has 0 saturated carbocycles. The lowest BCUT2D eigenvalue weighted by atomic mass is 10.2. The van der Waals surface area contributed by atoms with Crippen LogP contribution in [-0.4, -0.2) is 46.1 Å². The molecule has 1 aliphatic rings. The Hall–Kier alpha value is -1.69. The molecule has 0 aliphatic carbocycles. The molecule has 2 unspecified atom stereocenters. The summed E-state index contributed by atoms with van der Waals surface area (Å²) in [6.07, 6.45) is 2.99. The number of hydrogen-bond acceptors (Lipinski definition) is 5. The number of amides is 1. The topological polar surface area (TPSA) is 81.3 Å². The molecule has 6 heteroatoms. The zero-order chi connectivity index (χ0) is 12.4. The molecular weight excluding hydrogens is 220 g/mol. The van der Waals surface area contributed by atoms with Crippen molar-refractivity contribution in [3.8, 4) is 0 Å². The first-order valence-corrected chi connectivity index (χ1v) is 5.59. The minimum atomic E-state index is -0.183. The molecule has 1 aromatic heterocycles. The lowest BCUT2D eigenvalue weighted by molar-refractivity contribution is -0.0587. The van der Waals surface area contributed by atoms with Gasteiger partial charge in [0.2, 0.25) is 0 Å². The van der Waals surface area contributed by atoms with Crippen molar-refractivity contribution in [3.05, 3.63) is 18.1 Å². The number of rotatable bonds is 1. The zero-order valence-electron chi connectivity index (χ0n) is 9.96. The molecule has 0 bridgehead atoms. The number of carbonyl (C=O) groups excluding carboxylic acids is 1. The Morgan fingerprint density at radius 3 is 2.53 bits per heavy atom. The largest absolute Gasteiger partial charge is 0.382 e. The highest BCUT2D eigenvalue weighted by Crippen LogP contribution is 2.15. The summed E-state index contributed by atoms with van der Waals surface area (Å²) in [5, 5.41) is 0. The number of anilines is 1. The molecule has 0 spiro atoms. The number of nitrogens with zero attached hydrogens (tertiary/aromatic N) is 3. The first-order chi connectivity index (χ1) is 8.08. The third kappa shape index (κ3) is 2.52. The van der Waals surface area contributed by atoms with Gasteiger partial charge in [-0.1, -0.05) is 0 Å². The van der Waals surface area contributed by atoms with Crippen molar-refractivity contribution in [2.75, 3.05) is 18.8 Å². The van der Waals surface area contributed by atoms with Crippen LogP contribution in [0.4, 0.5) is 5.82 Å². The predicted octanol–water partition coefficient (Wildman–Crippen LogP) is 0.308. The Labute approximate surface area is 99.8 Å². The van der Waals surface area contributed by atoms with E-state index in [-0.39, 0.29) is 29.6 Å². The number of morpholine rings is 1. The molecule has 0 radical (unpaired) electrons. The molecule has 2 heterocycles. The van der Waals surface area contributed by atoms with Gasteiger partial charge in [0, 0.05) is 25.5 Å². The van der Waals surface area contributed by atoms with Crippen molar-refractivity contribution < 1.29 is 9.53 Å². The quantitative estimate of drug-likeness (QED) is 0.758. The van der Waals surface area contributed by atoms with Crippen molar-refractivity contribution in [1.29, 1.82) is 0 Å². The minimum Gasteiger partial charge on any atom is -0.382 e. The first kappa shape index (κ1) is 11.8. The van der Waals surface area contributed by atoms with Gasteiger partial charge in [0.15, 0.2) is 11.5 Å². The number of carbonyl (C=O) groups is 1. The Kier molecular flexibility index (Phi) is 3.23. The fraction of sp³-hybridized carbons (Fsp3) is 0.545. The van der Waals surface area contributed by atoms with Gasteiger partial charge >= 0.3 is 0 Å². The van der Waals surface area contributed by atoms with E-state index < -0.39 is 0 Å². The lowest BCUT2D eigenvalue weighted by Gasteiger charge is -2.35. The zero-order valence-corrected chi connectivity index (χ0v) is 9.96. The van der Waals surface area contributed by atoms with Crippen LogP contribution in [0.15, 0.2) is 12.4 Å². The summed E-state index contributed by atoms with van der Waals surface area (Å²) < 4.78 is 5.57. The molecule has 1 amide bonds. The molecule has 2 rings (SSSR count). The number of aromatic nitrogens is 2. The Balaban J connectivity index is 2.17. The minimum absolute atomic E-state index is 0.0283. The van der Waals surface area contributed by atoms with Gasteiger partial charge in [-0.25, -0.2) is 9.97 Å². The molecule has 1 saturated heterocycles. The van der Waals surface area contributed by atoms with E-state index in [0.717, 1.165) is 0 Å². The summed E-state index contributed by atoms with van der Waals surface area (Å²) in [7, 11) is 0. The van der Waals surface area contributed by atoms with Gasteiger partial charge in [0.25, 0.3) is 5.91 Å². The second-order valence-corrected chi connectivity index (χ2v) is 4.26. The second kappa shape index (κ2) is 4.67. The highest BCUT2D eigenvalue weighted by atomic mass is 16.5. The van der Waals surface area contributed by atoms with Gasteiger partial charge in [-0.05, 0) is 13.8 Å². The molecule has 1 aliphatic heterocycles. The first-order valence-electron chi connectivity index (χ1n) is 5.59. The summed E-state index contributed by atoms with van der Waals surface area (Å²) >= 11 is 0. The normalized spacial score (nSPS) is 24.7. The standard InChI is InChI=1S/C11H16N4O2/c1-7-5-15(6-8(2)17-7)11(16)9-10(12)14-4-3-13-9/h3-4,7-8H,5-6H2,1-2H3,(H2,12,14).